The molecule has 0 spiro atoms. The molecule has 0 saturated carbocycles. The van der Waals surface area contributed by atoms with E-state index in [1.165, 1.54) is 12.2 Å². The number of carbonyl (C=O) groups is 1. The molecule has 0 aliphatic carbocycles. The highest BCUT2D eigenvalue weighted by Gasteiger charge is 2.10. The number of carbonyl (C=O) groups excluding carboxylic acids is 1. The fourth-order valence-electron chi connectivity index (χ4n) is 1.62. The number of benzene rings is 1. The molecule has 0 amide bonds. The van der Waals surface area contributed by atoms with Crippen LogP contribution in [0.5, 0.6) is 0 Å². The number of rotatable bonds is 5. The Morgan fingerprint density at radius 3 is 2.41 bits per heavy atom. The van der Waals surface area contributed by atoms with Gasteiger partial charge in [0.2, 0.25) is 0 Å². The largest absolute Gasteiger partial charge is 0.462 e. The molecule has 5 heteroatoms. The third kappa shape index (κ3) is 4.31. The van der Waals surface area contributed by atoms with Crippen molar-refractivity contribution in [3.8, 4) is 12.1 Å². The van der Waals surface area contributed by atoms with Gasteiger partial charge in [-0.1, -0.05) is 36.4 Å². The molecule has 0 radical (unpaired) electrons. The minimum absolute atomic E-state index is 0.00333. The molecule has 5 nitrogen and oxygen atoms in total. The normalized spacial score (nSPS) is 10.9. The quantitative estimate of drug-likeness (QED) is 0.296. The van der Waals surface area contributed by atoms with E-state index in [4.69, 9.17) is 20.7 Å². The number of hydrogen-bond acceptors (Lipinski definition) is 5. The number of nitrogens with one attached hydrogen (secondary N) is 1. The monoisotopic (exact) mass is 291 g/mol. The summed E-state index contributed by atoms with van der Waals surface area (Å²) in [7, 11) is 0. The Morgan fingerprint density at radius 2 is 1.91 bits per heavy atom. The lowest BCUT2D eigenvalue weighted by Gasteiger charge is -2.03. The molecule has 0 aromatic heterocycles. The van der Waals surface area contributed by atoms with Crippen molar-refractivity contribution >= 4 is 17.4 Å². The molecule has 1 rings (SSSR count). The Labute approximate surface area is 128 Å². The van der Waals surface area contributed by atoms with Crippen LogP contribution in [-0.2, 0) is 9.53 Å². The lowest BCUT2D eigenvalue weighted by molar-refractivity contribution is -0.138. The molecule has 108 valence electrons. The first-order chi connectivity index (χ1) is 10.7. The lowest BCUT2D eigenvalue weighted by Crippen LogP contribution is -2.05. The van der Waals surface area contributed by atoms with Crippen LogP contribution < -0.4 is 0 Å². The Balaban J connectivity index is 3.35. The number of hydrogen-bond donors (Lipinski definition) is 1. The predicted molar refractivity (Wildman–Crippen MR) is 81.6 cm³/mol. The Bertz CT molecular complexity index is 740. The van der Waals surface area contributed by atoms with Gasteiger partial charge in [0.1, 0.15) is 23.3 Å². The van der Waals surface area contributed by atoms with Crippen LogP contribution in [-0.4, -0.2) is 18.4 Å². The molecule has 0 fully saturated rings. The van der Waals surface area contributed by atoms with Gasteiger partial charge < -0.3 is 4.74 Å². The van der Waals surface area contributed by atoms with Gasteiger partial charge in [-0.3, -0.25) is 5.41 Å². The number of ether oxygens (including phenoxy) is 1. The van der Waals surface area contributed by atoms with Gasteiger partial charge in [0, 0.05) is 5.57 Å². The van der Waals surface area contributed by atoms with E-state index in [9.17, 15) is 4.79 Å². The van der Waals surface area contributed by atoms with Crippen LogP contribution in [0.15, 0.2) is 53.6 Å². The van der Waals surface area contributed by atoms with E-state index < -0.39 is 5.97 Å². The van der Waals surface area contributed by atoms with Crippen molar-refractivity contribution in [1.29, 1.82) is 15.9 Å². The van der Waals surface area contributed by atoms with Crippen LogP contribution in [0.4, 0.5) is 0 Å². The fourth-order valence-corrected chi connectivity index (χ4v) is 1.62. The van der Waals surface area contributed by atoms with Crippen molar-refractivity contribution in [2.75, 3.05) is 6.61 Å². The van der Waals surface area contributed by atoms with E-state index in [2.05, 4.69) is 5.87 Å². The van der Waals surface area contributed by atoms with E-state index in [-0.39, 0.29) is 17.8 Å². The second-order valence-electron chi connectivity index (χ2n) is 3.97. The number of nitriles is 2. The minimum atomic E-state index is -0.731. The number of esters is 1. The van der Waals surface area contributed by atoms with Crippen molar-refractivity contribution in [3.05, 3.63) is 59.2 Å². The van der Waals surface area contributed by atoms with Crippen LogP contribution in [0.25, 0.3) is 5.57 Å². The third-order valence-corrected chi connectivity index (χ3v) is 2.62. The maximum absolute atomic E-state index is 11.6. The maximum Gasteiger partial charge on any atom is 0.348 e. The summed E-state index contributed by atoms with van der Waals surface area (Å²) in [6, 6.07) is 12.5. The van der Waals surface area contributed by atoms with Gasteiger partial charge in [0.05, 0.1) is 6.61 Å². The first-order valence-corrected chi connectivity index (χ1v) is 6.42. The van der Waals surface area contributed by atoms with Gasteiger partial charge in [-0.2, -0.15) is 10.5 Å². The van der Waals surface area contributed by atoms with Crippen molar-refractivity contribution < 1.29 is 9.53 Å². The topological polar surface area (TPSA) is 97.7 Å². The van der Waals surface area contributed by atoms with Gasteiger partial charge in [0.25, 0.3) is 0 Å². The zero-order chi connectivity index (χ0) is 16.4. The molecule has 1 N–H and O–H groups in total. The lowest BCUT2D eigenvalue weighted by atomic mass is 9.98. The average molecular weight is 291 g/mol. The standard InChI is InChI=1S/C17H13N3O2/c1-2-22-17(21)14(10-18)8-9-16(15(11-19)12-20)13-6-4-3-5-7-13/h3-9,19H,2H2,1H3/b14-8+,16-9+. The summed E-state index contributed by atoms with van der Waals surface area (Å²) in [4.78, 5) is 11.6. The van der Waals surface area contributed by atoms with Crippen molar-refractivity contribution in [1.82, 2.24) is 0 Å². The van der Waals surface area contributed by atoms with Crippen molar-refractivity contribution in [2.45, 2.75) is 6.92 Å². The SMILES string of the molecule is CCOC(=O)/C(C#N)=C/C=C(/C(=C=N)C#N)c1ccccc1. The minimum Gasteiger partial charge on any atom is -0.462 e. The van der Waals surface area contributed by atoms with E-state index in [0.29, 0.717) is 11.1 Å². The fraction of sp³-hybridized carbons (Fsp3) is 0.118. The van der Waals surface area contributed by atoms with Crippen molar-refractivity contribution in [2.24, 2.45) is 0 Å². The zero-order valence-corrected chi connectivity index (χ0v) is 12.0. The third-order valence-electron chi connectivity index (χ3n) is 2.62. The van der Waals surface area contributed by atoms with Gasteiger partial charge in [0.15, 0.2) is 0 Å². The summed E-state index contributed by atoms with van der Waals surface area (Å²) < 4.78 is 4.76. The highest BCUT2D eigenvalue weighted by atomic mass is 16.5. The van der Waals surface area contributed by atoms with E-state index in [1.54, 1.807) is 37.3 Å². The summed E-state index contributed by atoms with van der Waals surface area (Å²) >= 11 is 0. The van der Waals surface area contributed by atoms with Crippen LogP contribution in [0, 0.1) is 28.1 Å². The van der Waals surface area contributed by atoms with Gasteiger partial charge in [-0.25, -0.2) is 4.79 Å². The van der Waals surface area contributed by atoms with Gasteiger partial charge in [-0.15, -0.1) is 0 Å². The van der Waals surface area contributed by atoms with Crippen LogP contribution in [0.1, 0.15) is 12.5 Å². The molecule has 0 atom stereocenters. The Kier molecular flexibility index (Phi) is 6.59. The first kappa shape index (κ1) is 16.7. The molecule has 0 aliphatic heterocycles. The molecule has 1 aromatic carbocycles. The summed E-state index contributed by atoms with van der Waals surface area (Å²) in [5.41, 5.74) is 0.896. The Hall–Kier alpha value is -3.40. The van der Waals surface area contributed by atoms with Crippen LogP contribution in [0.2, 0.25) is 0 Å². The van der Waals surface area contributed by atoms with Crippen LogP contribution >= 0.6 is 0 Å². The smallest absolute Gasteiger partial charge is 0.348 e. The van der Waals surface area contributed by atoms with Crippen molar-refractivity contribution in [3.63, 3.8) is 0 Å². The van der Waals surface area contributed by atoms with E-state index >= 15 is 0 Å². The summed E-state index contributed by atoms with van der Waals surface area (Å²) in [6.07, 6.45) is 2.71. The molecule has 0 unspecified atom stereocenters. The molecular weight excluding hydrogens is 278 g/mol. The number of nitrogens with zero attached hydrogens (tertiary/aromatic N) is 2. The highest BCUT2D eigenvalue weighted by molar-refractivity contribution is 5.96. The first-order valence-electron chi connectivity index (χ1n) is 6.42. The van der Waals surface area contributed by atoms with E-state index in [1.807, 2.05) is 12.1 Å². The summed E-state index contributed by atoms with van der Waals surface area (Å²) in [5, 5.41) is 25.3. The van der Waals surface area contributed by atoms with E-state index in [0.717, 1.165) is 0 Å². The van der Waals surface area contributed by atoms with Gasteiger partial charge in [-0.05, 0) is 24.4 Å². The van der Waals surface area contributed by atoms with Gasteiger partial charge >= 0.3 is 5.97 Å². The zero-order valence-electron chi connectivity index (χ0n) is 12.0. The number of allylic oxidation sites excluding steroid dienone is 4. The molecular formula is C17H13N3O2. The maximum atomic E-state index is 11.6. The predicted octanol–water partition coefficient (Wildman–Crippen LogP) is 2.78. The highest BCUT2D eigenvalue weighted by Crippen LogP contribution is 2.21. The molecule has 22 heavy (non-hydrogen) atoms. The molecule has 0 bridgehead atoms. The molecule has 1 aromatic rings. The average Bonchev–Trinajstić information content (AvgIpc) is 2.55. The molecule has 0 aliphatic rings. The summed E-state index contributed by atoms with van der Waals surface area (Å²) in [6.45, 7) is 1.81. The Morgan fingerprint density at radius 1 is 1.23 bits per heavy atom. The second-order valence-corrected chi connectivity index (χ2v) is 3.97. The summed E-state index contributed by atoms with van der Waals surface area (Å²) in [5.74, 6) is 1.32. The second kappa shape index (κ2) is 8.71. The molecule has 0 saturated heterocycles. The van der Waals surface area contributed by atoms with Crippen LogP contribution in [0.3, 0.4) is 0 Å². The molecule has 0 heterocycles.